The molecule has 0 amide bonds. The quantitative estimate of drug-likeness (QED) is 0.594. The van der Waals surface area contributed by atoms with E-state index in [2.05, 4.69) is 38.4 Å². The number of nitrogens with two attached hydrogens (primary N) is 1. The van der Waals surface area contributed by atoms with E-state index in [0.717, 1.165) is 42.9 Å². The van der Waals surface area contributed by atoms with Gasteiger partial charge in [0.1, 0.15) is 23.8 Å². The molecule has 10 nitrogen and oxygen atoms in total. The van der Waals surface area contributed by atoms with E-state index in [1.54, 1.807) is 6.07 Å². The molecule has 0 unspecified atom stereocenters. The van der Waals surface area contributed by atoms with Crippen LogP contribution in [0.1, 0.15) is 18.4 Å². The Hall–Kier alpha value is -3.37. The number of nitrogen functional groups attached to an aromatic ring is 1. The number of carbonyl (C=O) groups excluding carboxylic acids is 1. The fourth-order valence-corrected chi connectivity index (χ4v) is 4.35. The lowest BCUT2D eigenvalue weighted by Crippen LogP contribution is -2.43. The second-order valence-electron chi connectivity index (χ2n) is 8.35. The van der Waals surface area contributed by atoms with Crippen LogP contribution in [0.3, 0.4) is 0 Å². The van der Waals surface area contributed by atoms with E-state index >= 15 is 0 Å². The van der Waals surface area contributed by atoms with Gasteiger partial charge in [-0.1, -0.05) is 0 Å². The van der Waals surface area contributed by atoms with Crippen molar-refractivity contribution in [1.29, 1.82) is 0 Å². The normalized spacial score (nSPS) is 23.1. The molecule has 0 spiro atoms. The van der Waals surface area contributed by atoms with Crippen LogP contribution in [-0.4, -0.2) is 59.1 Å². The summed E-state index contributed by atoms with van der Waals surface area (Å²) in [5, 5.41) is 3.34. The predicted molar refractivity (Wildman–Crippen MR) is 118 cm³/mol. The molecule has 2 aromatic heterocycles. The number of aromatic nitrogens is 3. The van der Waals surface area contributed by atoms with E-state index in [4.69, 9.17) is 19.9 Å². The molecule has 166 valence electrons. The first-order chi connectivity index (χ1) is 15.6. The van der Waals surface area contributed by atoms with Crippen molar-refractivity contribution in [2.75, 3.05) is 42.3 Å². The molecular formula is C22H24N6O4. The number of rotatable bonds is 1. The van der Waals surface area contributed by atoms with Crippen LogP contribution < -0.4 is 16.0 Å². The number of anilines is 4. The van der Waals surface area contributed by atoms with Crippen LogP contribution in [0.15, 0.2) is 30.6 Å². The Labute approximate surface area is 184 Å². The first-order valence-electron chi connectivity index (χ1n) is 10.8. The summed E-state index contributed by atoms with van der Waals surface area (Å²) in [4.78, 5) is 24.0. The van der Waals surface area contributed by atoms with Crippen LogP contribution in [0.4, 0.5) is 27.7 Å². The van der Waals surface area contributed by atoms with Gasteiger partial charge in [0.25, 0.3) is 0 Å². The van der Waals surface area contributed by atoms with Gasteiger partial charge in [-0.25, -0.2) is 19.3 Å². The van der Waals surface area contributed by atoms with E-state index in [1.165, 1.54) is 10.9 Å². The topological polar surface area (TPSA) is 117 Å². The molecule has 4 heterocycles. The fraction of sp³-hybridized carbons (Fsp3) is 0.409. The second-order valence-corrected chi connectivity index (χ2v) is 8.35. The zero-order valence-electron chi connectivity index (χ0n) is 17.5. The Bertz CT molecular complexity index is 1190. The van der Waals surface area contributed by atoms with E-state index in [0.29, 0.717) is 42.5 Å². The lowest BCUT2D eigenvalue weighted by molar-refractivity contribution is -0.106. The Kier molecular flexibility index (Phi) is 4.62. The number of fused-ring (bicyclic) bond motifs is 4. The monoisotopic (exact) mass is 436 g/mol. The van der Waals surface area contributed by atoms with Crippen LogP contribution in [0.25, 0.3) is 11.2 Å². The average molecular weight is 436 g/mol. The molecule has 32 heavy (non-hydrogen) atoms. The van der Waals surface area contributed by atoms with Gasteiger partial charge in [-0.05, 0) is 36.6 Å². The Morgan fingerprint density at radius 3 is 2.75 bits per heavy atom. The number of morpholine rings is 1. The molecule has 4 bridgehead atoms. The Balaban J connectivity index is 1.44. The first-order valence-corrected chi connectivity index (χ1v) is 10.8. The third-order valence-electron chi connectivity index (χ3n) is 6.22. The molecule has 1 aromatic carbocycles. The molecule has 1 saturated heterocycles. The van der Waals surface area contributed by atoms with Crippen LogP contribution in [-0.2, 0) is 20.8 Å². The number of hydrogen-bond acceptors (Lipinski definition) is 9. The number of hydrogen-bond donors (Lipinski definition) is 2. The molecule has 0 radical (unpaired) electrons. The molecule has 1 aliphatic carbocycles. The van der Waals surface area contributed by atoms with Crippen LogP contribution in [0.2, 0.25) is 0 Å². The van der Waals surface area contributed by atoms with Gasteiger partial charge in [0.2, 0.25) is 0 Å². The maximum atomic E-state index is 12.8. The predicted octanol–water partition coefficient (Wildman–Crippen LogP) is 2.64. The smallest absolute Gasteiger partial charge is 0.421 e. The summed E-state index contributed by atoms with van der Waals surface area (Å²) in [6.45, 7) is 3.51. The van der Waals surface area contributed by atoms with Crippen molar-refractivity contribution in [3.63, 3.8) is 0 Å². The minimum atomic E-state index is -0.528. The lowest BCUT2D eigenvalue weighted by atomic mass is 9.92. The van der Waals surface area contributed by atoms with Crippen molar-refractivity contribution in [3.8, 4) is 0 Å². The molecule has 3 aliphatic rings. The molecule has 1 saturated carbocycles. The number of nitrogens with zero attached hydrogens (tertiary/aromatic N) is 4. The van der Waals surface area contributed by atoms with Crippen molar-refractivity contribution in [1.82, 2.24) is 14.5 Å². The summed E-state index contributed by atoms with van der Waals surface area (Å²) >= 11 is 0. The molecule has 6 rings (SSSR count). The maximum absolute atomic E-state index is 12.8. The highest BCUT2D eigenvalue weighted by molar-refractivity contribution is 5.92. The van der Waals surface area contributed by atoms with Gasteiger partial charge in [0.15, 0.2) is 5.65 Å². The van der Waals surface area contributed by atoms with Gasteiger partial charge >= 0.3 is 6.09 Å². The minimum Gasteiger partial charge on any atom is -0.443 e. The van der Waals surface area contributed by atoms with Crippen molar-refractivity contribution in [2.24, 2.45) is 0 Å². The van der Waals surface area contributed by atoms with Crippen molar-refractivity contribution >= 4 is 40.1 Å². The van der Waals surface area contributed by atoms with Crippen LogP contribution >= 0.6 is 0 Å². The Morgan fingerprint density at radius 1 is 1.09 bits per heavy atom. The van der Waals surface area contributed by atoms with E-state index < -0.39 is 6.09 Å². The molecule has 2 fully saturated rings. The van der Waals surface area contributed by atoms with E-state index in [-0.39, 0.29) is 12.2 Å². The molecule has 2 atom stereocenters. The van der Waals surface area contributed by atoms with Gasteiger partial charge in [-0.3, -0.25) is 0 Å². The third kappa shape index (κ3) is 3.41. The lowest BCUT2D eigenvalue weighted by Gasteiger charge is -2.35. The van der Waals surface area contributed by atoms with Crippen molar-refractivity contribution in [3.05, 3.63) is 36.2 Å². The first kappa shape index (κ1) is 19.3. The molecule has 3 N–H and O–H groups in total. The number of benzene rings is 1. The van der Waals surface area contributed by atoms with Crippen LogP contribution in [0, 0.1) is 0 Å². The Morgan fingerprint density at radius 2 is 1.94 bits per heavy atom. The molecule has 2 aliphatic heterocycles. The third-order valence-corrected chi connectivity index (χ3v) is 6.22. The number of carbonyl (C=O) groups is 1. The van der Waals surface area contributed by atoms with Gasteiger partial charge in [0, 0.05) is 30.5 Å². The highest BCUT2D eigenvalue weighted by Gasteiger charge is 2.36. The minimum absolute atomic E-state index is 0.131. The zero-order chi connectivity index (χ0) is 21.7. The van der Waals surface area contributed by atoms with E-state index in [9.17, 15) is 4.79 Å². The standard InChI is InChI=1S/C22H24N6O4/c23-16-10-19-25-14-7-13(8-15(9-14)27-3-5-30-6-4-27)11-31-17-1-2-18(17)32-22(29)28-12-24-20(16)21(28)26-19/h7-10,12,17-18H,1-6,11H2,(H3,23,25,26)/t17-,18-/m1/s1. The van der Waals surface area contributed by atoms with Crippen LogP contribution in [0.5, 0.6) is 0 Å². The highest BCUT2D eigenvalue weighted by Crippen LogP contribution is 2.32. The largest absolute Gasteiger partial charge is 0.443 e. The van der Waals surface area contributed by atoms with Gasteiger partial charge < -0.3 is 30.2 Å². The number of imidazole rings is 1. The summed E-state index contributed by atoms with van der Waals surface area (Å²) in [5.41, 5.74) is 10.5. The average Bonchev–Trinajstić information content (AvgIpc) is 3.21. The van der Waals surface area contributed by atoms with Gasteiger partial charge in [0.05, 0.1) is 31.6 Å². The van der Waals surface area contributed by atoms with Crippen molar-refractivity contribution < 1.29 is 19.0 Å². The second kappa shape index (κ2) is 7.64. The SMILES string of the molecule is Nc1cc2nc3c1ncn3C(=O)O[C@@H]1CC[C@H]1OCc1cc(cc(N3CCOCC3)c1)N2. The maximum Gasteiger partial charge on any atom is 0.421 e. The van der Waals surface area contributed by atoms with Crippen molar-refractivity contribution in [2.45, 2.75) is 31.7 Å². The summed E-state index contributed by atoms with van der Waals surface area (Å²) in [7, 11) is 0. The number of pyridine rings is 1. The summed E-state index contributed by atoms with van der Waals surface area (Å²) in [6.07, 6.45) is 2.08. The molecule has 3 aromatic rings. The van der Waals surface area contributed by atoms with Gasteiger partial charge in [-0.15, -0.1) is 0 Å². The molecular weight excluding hydrogens is 412 g/mol. The zero-order valence-corrected chi connectivity index (χ0v) is 17.5. The van der Waals surface area contributed by atoms with Gasteiger partial charge in [-0.2, -0.15) is 0 Å². The summed E-state index contributed by atoms with van der Waals surface area (Å²) < 4.78 is 18.6. The summed E-state index contributed by atoms with van der Waals surface area (Å²) in [5.74, 6) is 0.522. The summed E-state index contributed by atoms with van der Waals surface area (Å²) in [6, 6.07) is 7.99. The van der Waals surface area contributed by atoms with E-state index in [1.807, 2.05) is 0 Å². The number of ether oxygens (including phenoxy) is 3. The molecule has 10 heteroatoms. The number of nitrogens with one attached hydrogen (secondary N) is 1. The highest BCUT2D eigenvalue weighted by atomic mass is 16.6. The fourth-order valence-electron chi connectivity index (χ4n) is 4.35.